The van der Waals surface area contributed by atoms with Crippen LogP contribution in [0.15, 0.2) is 12.1 Å². The number of hydrogen-bond acceptors (Lipinski definition) is 1. The first-order chi connectivity index (χ1) is 9.96. The Labute approximate surface area is 129 Å². The summed E-state index contributed by atoms with van der Waals surface area (Å²) < 4.78 is 0. The van der Waals surface area contributed by atoms with Crippen LogP contribution in [0, 0.1) is 18.3 Å². The molecule has 0 amide bonds. The van der Waals surface area contributed by atoms with Crippen molar-refractivity contribution in [2.45, 2.75) is 71.6 Å². The SMILES string of the molecule is CCc1c(C)ccc2c1CC[C@H]1[C@@](C)(C=O)CCC[C@]21C. The molecular weight excluding hydrogens is 256 g/mol. The highest BCUT2D eigenvalue weighted by atomic mass is 16.1. The molecule has 114 valence electrons. The number of aryl methyl sites for hydroxylation is 1. The van der Waals surface area contributed by atoms with Gasteiger partial charge in [0.05, 0.1) is 0 Å². The van der Waals surface area contributed by atoms with Gasteiger partial charge in [-0.05, 0) is 72.6 Å². The van der Waals surface area contributed by atoms with Gasteiger partial charge >= 0.3 is 0 Å². The third-order valence-electron chi connectivity index (χ3n) is 6.56. The van der Waals surface area contributed by atoms with Crippen LogP contribution in [0.25, 0.3) is 0 Å². The summed E-state index contributed by atoms with van der Waals surface area (Å²) in [5, 5.41) is 0. The second-order valence-corrected chi connectivity index (χ2v) is 7.73. The zero-order chi connectivity index (χ0) is 15.3. The molecule has 21 heavy (non-hydrogen) atoms. The maximum absolute atomic E-state index is 11.8. The Kier molecular flexibility index (Phi) is 3.50. The molecule has 2 aliphatic rings. The highest BCUT2D eigenvalue weighted by Gasteiger charge is 2.51. The van der Waals surface area contributed by atoms with Crippen LogP contribution in [0.5, 0.6) is 0 Å². The quantitative estimate of drug-likeness (QED) is 0.715. The number of rotatable bonds is 2. The molecule has 2 aliphatic carbocycles. The maximum atomic E-state index is 11.8. The van der Waals surface area contributed by atoms with E-state index in [1.807, 2.05) is 0 Å². The zero-order valence-electron chi connectivity index (χ0n) is 14.0. The van der Waals surface area contributed by atoms with Crippen LogP contribution < -0.4 is 0 Å². The molecule has 1 aromatic carbocycles. The van der Waals surface area contributed by atoms with E-state index >= 15 is 0 Å². The van der Waals surface area contributed by atoms with E-state index in [0.29, 0.717) is 5.92 Å². The van der Waals surface area contributed by atoms with Gasteiger partial charge in [0.15, 0.2) is 0 Å². The summed E-state index contributed by atoms with van der Waals surface area (Å²) in [5.74, 6) is 0.510. The molecule has 1 nitrogen and oxygen atoms in total. The van der Waals surface area contributed by atoms with Crippen molar-refractivity contribution in [3.63, 3.8) is 0 Å². The van der Waals surface area contributed by atoms with Gasteiger partial charge in [-0.15, -0.1) is 0 Å². The third-order valence-corrected chi connectivity index (χ3v) is 6.56. The topological polar surface area (TPSA) is 17.1 Å². The molecule has 0 aromatic heterocycles. The van der Waals surface area contributed by atoms with Crippen LogP contribution in [0.3, 0.4) is 0 Å². The third kappa shape index (κ3) is 2.00. The van der Waals surface area contributed by atoms with E-state index in [9.17, 15) is 4.79 Å². The fourth-order valence-corrected chi connectivity index (χ4v) is 5.44. The average Bonchev–Trinajstić information content (AvgIpc) is 2.46. The van der Waals surface area contributed by atoms with Crippen LogP contribution in [0.2, 0.25) is 0 Å². The summed E-state index contributed by atoms with van der Waals surface area (Å²) >= 11 is 0. The lowest BCUT2D eigenvalue weighted by Gasteiger charge is -2.53. The standard InChI is InChI=1S/C20H28O/c1-5-15-14(2)7-9-17-16(15)8-10-18-19(3,13-21)11-6-12-20(17,18)4/h7,9,13,18H,5-6,8,10-12H2,1-4H3/t18-,19+,20+/m0/s1. The molecular formula is C20H28O. The van der Waals surface area contributed by atoms with Gasteiger partial charge in [-0.3, -0.25) is 0 Å². The number of aldehydes is 1. The van der Waals surface area contributed by atoms with Crippen molar-refractivity contribution in [2.75, 3.05) is 0 Å². The van der Waals surface area contributed by atoms with E-state index in [2.05, 4.69) is 39.8 Å². The van der Waals surface area contributed by atoms with Gasteiger partial charge in [0.2, 0.25) is 0 Å². The maximum Gasteiger partial charge on any atom is 0.126 e. The molecule has 0 unspecified atom stereocenters. The lowest BCUT2D eigenvalue weighted by molar-refractivity contribution is -0.123. The molecule has 0 bridgehead atoms. The second kappa shape index (κ2) is 4.97. The van der Waals surface area contributed by atoms with Crippen molar-refractivity contribution in [3.05, 3.63) is 34.4 Å². The van der Waals surface area contributed by atoms with E-state index in [1.54, 1.807) is 16.7 Å². The molecule has 0 radical (unpaired) electrons. The van der Waals surface area contributed by atoms with Crippen LogP contribution in [-0.4, -0.2) is 6.29 Å². The Morgan fingerprint density at radius 2 is 2.05 bits per heavy atom. The molecule has 0 heterocycles. The number of carbonyl (C=O) groups excluding carboxylic acids is 1. The molecule has 0 spiro atoms. The van der Waals surface area contributed by atoms with Gasteiger partial charge in [0.25, 0.3) is 0 Å². The second-order valence-electron chi connectivity index (χ2n) is 7.73. The predicted octanol–water partition coefficient (Wildman–Crippen LogP) is 4.77. The molecule has 0 N–H and O–H groups in total. The highest BCUT2D eigenvalue weighted by Crippen LogP contribution is 2.56. The lowest BCUT2D eigenvalue weighted by Crippen LogP contribution is -2.50. The fraction of sp³-hybridized carbons (Fsp3) is 0.650. The fourth-order valence-electron chi connectivity index (χ4n) is 5.44. The number of hydrogen-bond donors (Lipinski definition) is 0. The molecule has 1 saturated carbocycles. The first-order valence-electron chi connectivity index (χ1n) is 8.54. The minimum absolute atomic E-state index is 0.123. The van der Waals surface area contributed by atoms with Crippen LogP contribution in [-0.2, 0) is 23.1 Å². The number of fused-ring (bicyclic) bond motifs is 3. The average molecular weight is 284 g/mol. The summed E-state index contributed by atoms with van der Waals surface area (Å²) in [6.45, 7) is 9.13. The Hall–Kier alpha value is -1.11. The van der Waals surface area contributed by atoms with E-state index < -0.39 is 0 Å². The van der Waals surface area contributed by atoms with Crippen LogP contribution in [0.1, 0.15) is 68.7 Å². The number of carbonyl (C=O) groups is 1. The van der Waals surface area contributed by atoms with Crippen molar-refractivity contribution in [1.82, 2.24) is 0 Å². The van der Waals surface area contributed by atoms with Crippen molar-refractivity contribution >= 4 is 6.29 Å². The zero-order valence-corrected chi connectivity index (χ0v) is 14.0. The van der Waals surface area contributed by atoms with Gasteiger partial charge in [0.1, 0.15) is 6.29 Å². The van der Waals surface area contributed by atoms with Gasteiger partial charge in [-0.1, -0.05) is 39.3 Å². The smallest absolute Gasteiger partial charge is 0.126 e. The van der Waals surface area contributed by atoms with Crippen LogP contribution in [0.4, 0.5) is 0 Å². The summed E-state index contributed by atoms with van der Waals surface area (Å²) in [5.41, 5.74) is 6.22. The Morgan fingerprint density at radius 1 is 1.29 bits per heavy atom. The van der Waals surface area contributed by atoms with Crippen LogP contribution >= 0.6 is 0 Å². The summed E-state index contributed by atoms with van der Waals surface area (Å²) in [6, 6.07) is 4.67. The summed E-state index contributed by atoms with van der Waals surface area (Å²) in [6.07, 6.45) is 8.20. The largest absolute Gasteiger partial charge is 0.303 e. The van der Waals surface area contributed by atoms with E-state index in [0.717, 1.165) is 19.3 Å². The number of benzene rings is 1. The normalized spacial score (nSPS) is 35.0. The first kappa shape index (κ1) is 14.8. The van der Waals surface area contributed by atoms with E-state index in [4.69, 9.17) is 0 Å². The van der Waals surface area contributed by atoms with Crippen molar-refractivity contribution < 1.29 is 4.79 Å². The van der Waals surface area contributed by atoms with Gasteiger partial charge in [-0.25, -0.2) is 0 Å². The molecule has 3 atom stereocenters. The summed E-state index contributed by atoms with van der Waals surface area (Å²) in [7, 11) is 0. The summed E-state index contributed by atoms with van der Waals surface area (Å²) in [4.78, 5) is 11.8. The molecule has 0 aliphatic heterocycles. The van der Waals surface area contributed by atoms with Gasteiger partial charge in [-0.2, -0.15) is 0 Å². The van der Waals surface area contributed by atoms with E-state index in [-0.39, 0.29) is 10.8 Å². The minimum atomic E-state index is -0.123. The lowest BCUT2D eigenvalue weighted by atomic mass is 9.50. The minimum Gasteiger partial charge on any atom is -0.303 e. The van der Waals surface area contributed by atoms with Gasteiger partial charge in [0, 0.05) is 5.41 Å². The first-order valence-corrected chi connectivity index (χ1v) is 8.54. The Morgan fingerprint density at radius 3 is 2.71 bits per heavy atom. The van der Waals surface area contributed by atoms with Crippen molar-refractivity contribution in [1.29, 1.82) is 0 Å². The van der Waals surface area contributed by atoms with E-state index in [1.165, 1.54) is 31.1 Å². The molecule has 1 aromatic rings. The Balaban J connectivity index is 2.16. The molecule has 3 rings (SSSR count). The molecule has 1 heteroatoms. The molecule has 0 saturated heterocycles. The molecule has 1 fully saturated rings. The predicted molar refractivity (Wildman–Crippen MR) is 87.7 cm³/mol. The Bertz CT molecular complexity index is 573. The monoisotopic (exact) mass is 284 g/mol. The van der Waals surface area contributed by atoms with Crippen molar-refractivity contribution in [3.8, 4) is 0 Å². The van der Waals surface area contributed by atoms with Crippen molar-refractivity contribution in [2.24, 2.45) is 11.3 Å². The van der Waals surface area contributed by atoms with Gasteiger partial charge < -0.3 is 4.79 Å². The highest BCUT2D eigenvalue weighted by molar-refractivity contribution is 5.61.